The van der Waals surface area contributed by atoms with E-state index in [4.69, 9.17) is 9.40 Å². The topological polar surface area (TPSA) is 47.9 Å². The molecule has 0 bridgehead atoms. The first-order valence-electron chi connectivity index (χ1n) is 17.3. The zero-order chi connectivity index (χ0) is 33.5. The molecule has 0 aliphatic carbocycles. The van der Waals surface area contributed by atoms with Crippen LogP contribution in [-0.4, -0.2) is 14.1 Å². The SMILES string of the molecule is C1=CC(n2c3ccccc3c3cc4c(cc32)c2ccccc2n4-c2cccc(-c3ccc4oc5ccccc5c4c3)n2)NC(c2ccccc2)=C1. The molecule has 51 heavy (non-hydrogen) atoms. The van der Waals surface area contributed by atoms with E-state index in [9.17, 15) is 0 Å². The van der Waals surface area contributed by atoms with E-state index < -0.39 is 0 Å². The summed E-state index contributed by atoms with van der Waals surface area (Å²) in [4.78, 5) is 5.32. The average molecular weight is 655 g/mol. The number of hydrogen-bond donors (Lipinski definition) is 1. The summed E-state index contributed by atoms with van der Waals surface area (Å²) in [5.74, 6) is 0.883. The third kappa shape index (κ3) is 4.25. The van der Waals surface area contributed by atoms with Crippen molar-refractivity contribution in [2.45, 2.75) is 6.17 Å². The van der Waals surface area contributed by atoms with Gasteiger partial charge in [0, 0.05) is 43.6 Å². The van der Waals surface area contributed by atoms with Crippen LogP contribution in [0.15, 0.2) is 174 Å². The molecule has 1 aliphatic rings. The second kappa shape index (κ2) is 10.8. The van der Waals surface area contributed by atoms with Gasteiger partial charge < -0.3 is 14.3 Å². The van der Waals surface area contributed by atoms with E-state index in [-0.39, 0.29) is 6.17 Å². The Bertz CT molecular complexity index is 3070. The van der Waals surface area contributed by atoms with Crippen LogP contribution >= 0.6 is 0 Å². The minimum absolute atomic E-state index is 0.0542. The summed E-state index contributed by atoms with van der Waals surface area (Å²) < 4.78 is 10.9. The molecule has 5 heterocycles. The van der Waals surface area contributed by atoms with E-state index in [0.29, 0.717) is 0 Å². The first kappa shape index (κ1) is 28.0. The van der Waals surface area contributed by atoms with Crippen LogP contribution in [0, 0.1) is 0 Å². The molecule has 0 amide bonds. The Kier molecular flexibility index (Phi) is 5.95. The summed E-state index contributed by atoms with van der Waals surface area (Å²) in [6.45, 7) is 0. The van der Waals surface area contributed by atoms with Gasteiger partial charge in [-0.1, -0.05) is 97.1 Å². The Balaban J connectivity index is 1.11. The number of allylic oxidation sites excluding steroid dienone is 2. The van der Waals surface area contributed by atoms with E-state index in [1.165, 1.54) is 38.1 Å². The van der Waals surface area contributed by atoms with Gasteiger partial charge in [-0.15, -0.1) is 0 Å². The number of furan rings is 1. The van der Waals surface area contributed by atoms with Crippen molar-refractivity contribution in [1.82, 2.24) is 19.4 Å². The molecule has 0 saturated carbocycles. The van der Waals surface area contributed by atoms with Crippen LogP contribution < -0.4 is 5.32 Å². The maximum atomic E-state index is 6.12. The smallest absolute Gasteiger partial charge is 0.138 e. The minimum Gasteiger partial charge on any atom is -0.456 e. The zero-order valence-corrected chi connectivity index (χ0v) is 27.5. The molecule has 0 spiro atoms. The Labute approximate surface area is 293 Å². The molecule has 5 nitrogen and oxygen atoms in total. The highest BCUT2D eigenvalue weighted by molar-refractivity contribution is 6.18. The lowest BCUT2D eigenvalue weighted by atomic mass is 10.1. The number of aromatic nitrogens is 3. The molecule has 1 N–H and O–H groups in total. The lowest BCUT2D eigenvalue weighted by Gasteiger charge is -2.25. The van der Waals surface area contributed by atoms with Crippen LogP contribution in [0.3, 0.4) is 0 Å². The van der Waals surface area contributed by atoms with E-state index in [0.717, 1.165) is 55.7 Å². The molecule has 240 valence electrons. The normalized spacial score (nSPS) is 14.7. The fourth-order valence-electron chi connectivity index (χ4n) is 8.06. The quantitative estimate of drug-likeness (QED) is 0.205. The first-order chi connectivity index (χ1) is 25.3. The number of nitrogens with zero attached hydrogens (tertiary/aromatic N) is 3. The summed E-state index contributed by atoms with van der Waals surface area (Å²) in [6, 6.07) is 53.6. The number of nitrogens with one attached hydrogen (secondary N) is 1. The summed E-state index contributed by atoms with van der Waals surface area (Å²) in [5.41, 5.74) is 10.7. The average Bonchev–Trinajstić information content (AvgIpc) is 3.84. The molecule has 6 aromatic carbocycles. The molecule has 10 aromatic rings. The molecular formula is C46H30N4O. The van der Waals surface area contributed by atoms with Crippen molar-refractivity contribution in [3.63, 3.8) is 0 Å². The van der Waals surface area contributed by atoms with Crippen LogP contribution in [0.4, 0.5) is 0 Å². The van der Waals surface area contributed by atoms with Crippen molar-refractivity contribution >= 4 is 71.2 Å². The van der Waals surface area contributed by atoms with E-state index in [1.54, 1.807) is 0 Å². The van der Waals surface area contributed by atoms with Gasteiger partial charge in [0.1, 0.15) is 23.1 Å². The predicted molar refractivity (Wildman–Crippen MR) is 210 cm³/mol. The Morgan fingerprint density at radius 2 is 1.22 bits per heavy atom. The van der Waals surface area contributed by atoms with E-state index >= 15 is 0 Å². The predicted octanol–water partition coefficient (Wildman–Crippen LogP) is 11.6. The molecule has 0 radical (unpaired) electrons. The number of pyridine rings is 1. The van der Waals surface area contributed by atoms with E-state index in [1.807, 2.05) is 12.1 Å². The highest BCUT2D eigenvalue weighted by atomic mass is 16.3. The highest BCUT2D eigenvalue weighted by Crippen LogP contribution is 2.40. The molecule has 1 aliphatic heterocycles. The lowest BCUT2D eigenvalue weighted by Crippen LogP contribution is -2.25. The second-order valence-electron chi connectivity index (χ2n) is 13.2. The Morgan fingerprint density at radius 1 is 0.510 bits per heavy atom. The highest BCUT2D eigenvalue weighted by Gasteiger charge is 2.22. The standard InChI is InChI=1S/C46H30N4O/c1-2-12-29(13-3-1)37-17-10-22-45(47-37)49-39-19-7-4-14-31(39)34-28-42-35(27-41(34)49)32-15-5-8-20-40(32)50(42)46-23-11-18-38(48-46)30-24-25-44-36(26-30)33-16-6-9-21-43(33)51-44/h1-28,45,47H. The number of fused-ring (bicyclic) bond motifs is 9. The summed E-state index contributed by atoms with van der Waals surface area (Å²) in [7, 11) is 0. The van der Waals surface area contributed by atoms with Crippen molar-refractivity contribution in [3.8, 4) is 17.1 Å². The lowest BCUT2D eigenvalue weighted by molar-refractivity contribution is 0.589. The van der Waals surface area contributed by atoms with E-state index in [2.05, 4.69) is 172 Å². The Hall–Kier alpha value is -6.85. The summed E-state index contributed by atoms with van der Waals surface area (Å²) in [6.07, 6.45) is 6.51. The van der Waals surface area contributed by atoms with Crippen LogP contribution in [0.1, 0.15) is 11.7 Å². The van der Waals surface area contributed by atoms with Crippen molar-refractivity contribution in [1.29, 1.82) is 0 Å². The second-order valence-corrected chi connectivity index (χ2v) is 13.2. The van der Waals surface area contributed by atoms with Gasteiger partial charge in [-0.25, -0.2) is 4.98 Å². The van der Waals surface area contributed by atoms with Crippen molar-refractivity contribution in [3.05, 3.63) is 175 Å². The molecule has 1 unspecified atom stereocenters. The number of para-hydroxylation sites is 3. The van der Waals surface area contributed by atoms with Gasteiger partial charge in [-0.3, -0.25) is 4.57 Å². The molecular weight excluding hydrogens is 625 g/mol. The van der Waals surface area contributed by atoms with Gasteiger partial charge in [0.05, 0.1) is 27.8 Å². The van der Waals surface area contributed by atoms with Crippen molar-refractivity contribution in [2.75, 3.05) is 0 Å². The van der Waals surface area contributed by atoms with Gasteiger partial charge in [-0.2, -0.15) is 0 Å². The largest absolute Gasteiger partial charge is 0.456 e. The number of dihydropyridines is 1. The summed E-state index contributed by atoms with van der Waals surface area (Å²) in [5, 5.41) is 10.9. The summed E-state index contributed by atoms with van der Waals surface area (Å²) >= 11 is 0. The number of benzene rings is 6. The monoisotopic (exact) mass is 654 g/mol. The molecule has 11 rings (SSSR count). The number of rotatable bonds is 4. The first-order valence-corrected chi connectivity index (χ1v) is 17.3. The van der Waals surface area contributed by atoms with Gasteiger partial charge in [0.25, 0.3) is 0 Å². The molecule has 5 heteroatoms. The number of hydrogen-bond acceptors (Lipinski definition) is 3. The fourth-order valence-corrected chi connectivity index (χ4v) is 8.06. The molecule has 0 fully saturated rings. The van der Waals surface area contributed by atoms with Crippen LogP contribution in [0.5, 0.6) is 0 Å². The molecule has 0 saturated heterocycles. The minimum atomic E-state index is -0.0542. The third-order valence-electron chi connectivity index (χ3n) is 10.4. The van der Waals surface area contributed by atoms with Crippen LogP contribution in [0.2, 0.25) is 0 Å². The van der Waals surface area contributed by atoms with Crippen LogP contribution in [-0.2, 0) is 0 Å². The van der Waals surface area contributed by atoms with Gasteiger partial charge in [0.15, 0.2) is 0 Å². The molecule has 1 atom stereocenters. The maximum absolute atomic E-state index is 6.12. The van der Waals surface area contributed by atoms with Crippen molar-refractivity contribution < 1.29 is 4.42 Å². The zero-order valence-electron chi connectivity index (χ0n) is 27.5. The van der Waals surface area contributed by atoms with Crippen LogP contribution in [0.25, 0.3) is 88.3 Å². The van der Waals surface area contributed by atoms with Crippen molar-refractivity contribution in [2.24, 2.45) is 0 Å². The van der Waals surface area contributed by atoms with Gasteiger partial charge in [0.2, 0.25) is 0 Å². The third-order valence-corrected chi connectivity index (χ3v) is 10.4. The molecule has 4 aromatic heterocycles. The fraction of sp³-hybridized carbons (Fsp3) is 0.0217. The van der Waals surface area contributed by atoms with Gasteiger partial charge >= 0.3 is 0 Å². The Morgan fingerprint density at radius 3 is 2.10 bits per heavy atom. The maximum Gasteiger partial charge on any atom is 0.138 e. The van der Waals surface area contributed by atoms with Gasteiger partial charge in [-0.05, 0) is 78.4 Å².